The molecule has 4 unspecified atom stereocenters. The number of rotatable bonds is 17. The number of amides is 2. The molecule has 0 heterocycles. The second kappa shape index (κ2) is 16.1. The lowest BCUT2D eigenvalue weighted by Gasteiger charge is -2.27. The molecule has 0 aliphatic carbocycles. The van der Waals surface area contributed by atoms with Crippen molar-refractivity contribution in [2.45, 2.75) is 78.8 Å². The smallest absolute Gasteiger partial charge is 0.309 e. The van der Waals surface area contributed by atoms with E-state index in [0.29, 0.717) is 6.42 Å². The number of carboxylic acids is 1. The fourth-order valence-corrected chi connectivity index (χ4v) is 5.36. The molecule has 0 radical (unpaired) electrons. The molecular weight excluding hydrogens is 584 g/mol. The van der Waals surface area contributed by atoms with Crippen molar-refractivity contribution >= 4 is 45.9 Å². The second-order valence-corrected chi connectivity index (χ2v) is 12.7. The van der Waals surface area contributed by atoms with Gasteiger partial charge in [-0.3, -0.25) is 28.8 Å². The molecule has 9 nitrogen and oxygen atoms in total. The van der Waals surface area contributed by atoms with Gasteiger partial charge in [0, 0.05) is 25.2 Å². The van der Waals surface area contributed by atoms with E-state index in [4.69, 9.17) is 0 Å². The molecular formula is C37H44N2O7. The van der Waals surface area contributed by atoms with Crippen LogP contribution in [0.2, 0.25) is 0 Å². The number of hydrogen-bond acceptors (Lipinski definition) is 6. The lowest BCUT2D eigenvalue weighted by Crippen LogP contribution is -2.53. The highest BCUT2D eigenvalue weighted by atomic mass is 16.4. The summed E-state index contributed by atoms with van der Waals surface area (Å²) < 4.78 is 0. The number of benzene rings is 3. The van der Waals surface area contributed by atoms with Crippen LogP contribution in [0.25, 0.3) is 10.8 Å². The van der Waals surface area contributed by atoms with Crippen LogP contribution in [0.15, 0.2) is 72.8 Å². The largest absolute Gasteiger partial charge is 0.481 e. The number of fused-ring (bicyclic) bond motifs is 1. The Bertz CT molecular complexity index is 1580. The van der Waals surface area contributed by atoms with Crippen molar-refractivity contribution in [3.8, 4) is 0 Å². The monoisotopic (exact) mass is 628 g/mol. The third-order valence-corrected chi connectivity index (χ3v) is 8.45. The highest BCUT2D eigenvalue weighted by molar-refractivity contribution is 6.38. The molecule has 0 fully saturated rings. The number of ketones is 3. The number of aliphatic carboxylic acids is 1. The molecule has 0 aromatic heterocycles. The van der Waals surface area contributed by atoms with Crippen molar-refractivity contribution in [3.63, 3.8) is 0 Å². The van der Waals surface area contributed by atoms with E-state index < -0.39 is 52.8 Å². The third kappa shape index (κ3) is 9.67. The molecule has 0 saturated carbocycles. The first kappa shape index (κ1) is 35.8. The molecule has 4 atom stereocenters. The number of nitrogens with one attached hydrogen (secondary N) is 2. The topological polar surface area (TPSA) is 147 Å². The van der Waals surface area contributed by atoms with E-state index in [-0.39, 0.29) is 37.4 Å². The van der Waals surface area contributed by atoms with Gasteiger partial charge in [-0.15, -0.1) is 0 Å². The Morgan fingerprint density at radius 2 is 1.46 bits per heavy atom. The van der Waals surface area contributed by atoms with Gasteiger partial charge in [-0.05, 0) is 55.0 Å². The number of carbonyl (C=O) groups is 6. The van der Waals surface area contributed by atoms with Crippen LogP contribution in [0.1, 0.15) is 65.0 Å². The van der Waals surface area contributed by atoms with Gasteiger partial charge in [0.05, 0.1) is 17.5 Å². The van der Waals surface area contributed by atoms with E-state index in [1.54, 1.807) is 6.92 Å². The van der Waals surface area contributed by atoms with Crippen molar-refractivity contribution in [2.24, 2.45) is 17.3 Å². The molecule has 3 aromatic rings. The van der Waals surface area contributed by atoms with E-state index in [1.165, 1.54) is 20.8 Å². The van der Waals surface area contributed by atoms with Crippen molar-refractivity contribution in [1.82, 2.24) is 10.6 Å². The van der Waals surface area contributed by atoms with Gasteiger partial charge in [0.2, 0.25) is 11.7 Å². The molecule has 3 aromatic carbocycles. The Hall–Kier alpha value is -4.66. The Morgan fingerprint density at radius 3 is 2.11 bits per heavy atom. The van der Waals surface area contributed by atoms with Crippen LogP contribution in [0.5, 0.6) is 0 Å². The minimum absolute atomic E-state index is 0.0684. The Balaban J connectivity index is 1.72. The predicted molar refractivity (Wildman–Crippen MR) is 176 cm³/mol. The lowest BCUT2D eigenvalue weighted by molar-refractivity contribution is -0.150. The predicted octanol–water partition coefficient (Wildman–Crippen LogP) is 4.88. The first-order valence-electron chi connectivity index (χ1n) is 15.7. The van der Waals surface area contributed by atoms with Gasteiger partial charge in [0.25, 0.3) is 5.91 Å². The number of carboxylic acid groups (broad SMARTS) is 1. The van der Waals surface area contributed by atoms with Crippen molar-refractivity contribution in [1.29, 1.82) is 0 Å². The van der Waals surface area contributed by atoms with Gasteiger partial charge in [0.1, 0.15) is 5.78 Å². The Labute approximate surface area is 270 Å². The van der Waals surface area contributed by atoms with Crippen molar-refractivity contribution in [2.75, 3.05) is 0 Å². The quantitative estimate of drug-likeness (QED) is 0.181. The minimum atomic E-state index is -1.35. The fraction of sp³-hybridized carbons (Fsp3) is 0.405. The molecule has 46 heavy (non-hydrogen) atoms. The molecule has 0 bridgehead atoms. The Kier molecular flexibility index (Phi) is 12.5. The van der Waals surface area contributed by atoms with E-state index in [2.05, 4.69) is 10.6 Å². The minimum Gasteiger partial charge on any atom is -0.481 e. The zero-order valence-corrected chi connectivity index (χ0v) is 27.2. The van der Waals surface area contributed by atoms with Crippen molar-refractivity contribution < 1.29 is 33.9 Å². The number of carbonyl (C=O) groups excluding carboxylic acids is 5. The van der Waals surface area contributed by atoms with Gasteiger partial charge in [0.15, 0.2) is 5.78 Å². The zero-order valence-electron chi connectivity index (χ0n) is 27.2. The summed E-state index contributed by atoms with van der Waals surface area (Å²) >= 11 is 0. The van der Waals surface area contributed by atoms with Gasteiger partial charge in [-0.25, -0.2) is 0 Å². The van der Waals surface area contributed by atoms with Gasteiger partial charge in [-0.2, -0.15) is 0 Å². The number of hydrogen-bond donors (Lipinski definition) is 3. The summed E-state index contributed by atoms with van der Waals surface area (Å²) in [4.78, 5) is 77.6. The first-order chi connectivity index (χ1) is 21.7. The van der Waals surface area contributed by atoms with E-state index in [1.807, 2.05) is 79.7 Å². The number of Topliss-reactive ketones (excluding diaryl/α,β-unsaturated/α-hetero) is 3. The molecule has 0 spiro atoms. The summed E-state index contributed by atoms with van der Waals surface area (Å²) in [6, 6.07) is 20.5. The maximum atomic E-state index is 13.5. The second-order valence-electron chi connectivity index (χ2n) is 12.7. The third-order valence-electron chi connectivity index (χ3n) is 8.45. The molecule has 3 rings (SSSR count). The molecule has 9 heteroatoms. The average molecular weight is 629 g/mol. The summed E-state index contributed by atoms with van der Waals surface area (Å²) in [5.41, 5.74) is 0.355. The van der Waals surface area contributed by atoms with Crippen LogP contribution in [-0.4, -0.2) is 52.3 Å². The maximum Gasteiger partial charge on any atom is 0.309 e. The van der Waals surface area contributed by atoms with Crippen LogP contribution in [0.3, 0.4) is 0 Å². The lowest BCUT2D eigenvalue weighted by atomic mass is 9.82. The van der Waals surface area contributed by atoms with Crippen LogP contribution in [-0.2, 0) is 41.6 Å². The fourth-order valence-electron chi connectivity index (χ4n) is 5.36. The molecule has 3 N–H and O–H groups in total. The van der Waals surface area contributed by atoms with E-state index in [9.17, 15) is 33.9 Å². The highest BCUT2D eigenvalue weighted by Crippen LogP contribution is 2.24. The van der Waals surface area contributed by atoms with Crippen LogP contribution >= 0.6 is 0 Å². The molecule has 0 aliphatic rings. The highest BCUT2D eigenvalue weighted by Gasteiger charge is 2.37. The average Bonchev–Trinajstić information content (AvgIpc) is 3.02. The van der Waals surface area contributed by atoms with Gasteiger partial charge in [-0.1, -0.05) is 93.1 Å². The van der Waals surface area contributed by atoms with Gasteiger partial charge >= 0.3 is 5.97 Å². The standard InChI is InChI=1S/C37H44N2O7/c1-6-23(2)32(31(41)22-37(4,5)36(45)46)39-35(44)33(42)24(3)38-34(43)28(19-25-13-8-7-9-14-25)21-29(40)20-27-17-12-16-26-15-10-11-18-30(26)27/h7-18,23-24,28,32H,6,19-22H2,1-5H3,(H,38,43)(H,39,44)(H,45,46). The van der Waals surface area contributed by atoms with Crippen molar-refractivity contribution in [3.05, 3.63) is 83.9 Å². The van der Waals surface area contributed by atoms with E-state index >= 15 is 0 Å². The first-order valence-corrected chi connectivity index (χ1v) is 15.7. The summed E-state index contributed by atoms with van der Waals surface area (Å²) in [5, 5.41) is 16.5. The summed E-state index contributed by atoms with van der Waals surface area (Å²) in [7, 11) is 0. The van der Waals surface area contributed by atoms with Crippen LogP contribution in [0.4, 0.5) is 0 Å². The zero-order chi connectivity index (χ0) is 34.0. The molecule has 0 saturated heterocycles. The molecule has 244 valence electrons. The SMILES string of the molecule is CCC(C)C(NC(=O)C(=O)C(C)NC(=O)C(CC(=O)Cc1cccc2ccccc12)Cc1ccccc1)C(=O)CC(C)(C)C(=O)O. The van der Waals surface area contributed by atoms with E-state index in [0.717, 1.165) is 21.9 Å². The normalized spacial score (nSPS) is 14.0. The van der Waals surface area contributed by atoms with Gasteiger partial charge < -0.3 is 15.7 Å². The Morgan fingerprint density at radius 1 is 0.826 bits per heavy atom. The molecule has 2 amide bonds. The summed E-state index contributed by atoms with van der Waals surface area (Å²) in [6.45, 7) is 7.77. The van der Waals surface area contributed by atoms with Crippen LogP contribution < -0.4 is 10.6 Å². The molecule has 0 aliphatic heterocycles. The maximum absolute atomic E-state index is 13.5. The van der Waals surface area contributed by atoms with Crippen LogP contribution in [0, 0.1) is 17.3 Å². The summed E-state index contributed by atoms with van der Waals surface area (Å²) in [5.74, 6) is -5.48. The summed E-state index contributed by atoms with van der Waals surface area (Å²) in [6.07, 6.45) is 0.497.